The van der Waals surface area contributed by atoms with E-state index in [2.05, 4.69) is 27.7 Å². The lowest BCUT2D eigenvalue weighted by Gasteiger charge is -2.30. The number of unbranched alkanes of at least 4 members (excludes halogenated alkanes) is 17. The van der Waals surface area contributed by atoms with Crippen LogP contribution in [-0.2, 0) is 8.85 Å². The summed E-state index contributed by atoms with van der Waals surface area (Å²) in [5, 5.41) is 0. The summed E-state index contributed by atoms with van der Waals surface area (Å²) < 4.78 is 12.7. The van der Waals surface area contributed by atoms with Gasteiger partial charge < -0.3 is 8.85 Å². The molecule has 0 spiro atoms. The molecule has 0 unspecified atom stereocenters. The highest BCUT2D eigenvalue weighted by Crippen LogP contribution is 2.26. The number of hydrogen-bond donors (Lipinski definition) is 0. The summed E-state index contributed by atoms with van der Waals surface area (Å²) in [5.41, 5.74) is 0. The minimum atomic E-state index is -1.97. The molecule has 0 aliphatic rings. The van der Waals surface area contributed by atoms with Gasteiger partial charge in [-0.15, -0.1) is 0 Å². The molecule has 0 N–H and O–H groups in total. The van der Waals surface area contributed by atoms with E-state index < -0.39 is 8.56 Å². The van der Waals surface area contributed by atoms with Crippen molar-refractivity contribution >= 4 is 8.56 Å². The van der Waals surface area contributed by atoms with Gasteiger partial charge in [0.15, 0.2) is 0 Å². The minimum absolute atomic E-state index is 0.820. The van der Waals surface area contributed by atoms with Crippen molar-refractivity contribution in [3.8, 4) is 0 Å². The van der Waals surface area contributed by atoms with Gasteiger partial charge in [-0.1, -0.05) is 136 Å². The van der Waals surface area contributed by atoms with E-state index in [-0.39, 0.29) is 0 Å². The first-order valence-electron chi connectivity index (χ1n) is 14.0. The average molecular weight is 443 g/mol. The van der Waals surface area contributed by atoms with Crippen LogP contribution in [0.25, 0.3) is 0 Å². The molecule has 2 nitrogen and oxygen atoms in total. The Morgan fingerprint density at radius 3 is 0.900 bits per heavy atom. The number of rotatable bonds is 25. The highest BCUT2D eigenvalue weighted by Gasteiger charge is 2.35. The van der Waals surface area contributed by atoms with Crippen molar-refractivity contribution in [3.05, 3.63) is 0 Å². The van der Waals surface area contributed by atoms with Crippen LogP contribution in [0.1, 0.15) is 150 Å². The summed E-state index contributed by atoms with van der Waals surface area (Å²) in [6.07, 6.45) is 26.6. The molecular weight excluding hydrogens is 384 g/mol. The monoisotopic (exact) mass is 442 g/mol. The van der Waals surface area contributed by atoms with Gasteiger partial charge in [-0.3, -0.25) is 0 Å². The fraction of sp³-hybridized carbons (Fsp3) is 1.00. The van der Waals surface area contributed by atoms with Crippen molar-refractivity contribution < 1.29 is 8.85 Å². The lowest BCUT2D eigenvalue weighted by molar-refractivity contribution is 0.180. The molecule has 0 rings (SSSR count). The Labute approximate surface area is 192 Å². The second-order valence-corrected chi connectivity index (χ2v) is 12.7. The van der Waals surface area contributed by atoms with Crippen molar-refractivity contribution in [3.63, 3.8) is 0 Å². The van der Waals surface area contributed by atoms with Crippen LogP contribution in [0.2, 0.25) is 12.1 Å². The second-order valence-electron chi connectivity index (χ2n) is 9.29. The summed E-state index contributed by atoms with van der Waals surface area (Å²) >= 11 is 0. The van der Waals surface area contributed by atoms with Crippen molar-refractivity contribution in [2.75, 3.05) is 13.2 Å². The summed E-state index contributed by atoms with van der Waals surface area (Å²) in [4.78, 5) is 0. The molecule has 0 saturated heterocycles. The Hall–Kier alpha value is 0.137. The van der Waals surface area contributed by atoms with Gasteiger partial charge in [-0.25, -0.2) is 0 Å². The molecule has 0 aliphatic heterocycles. The predicted octanol–water partition coefficient (Wildman–Crippen LogP) is 9.95. The van der Waals surface area contributed by atoms with Gasteiger partial charge >= 0.3 is 8.56 Å². The molecule has 0 fully saturated rings. The van der Waals surface area contributed by atoms with Gasteiger partial charge in [0.25, 0.3) is 0 Å². The fourth-order valence-corrected chi connectivity index (χ4v) is 8.11. The predicted molar refractivity (Wildman–Crippen MR) is 138 cm³/mol. The zero-order valence-corrected chi connectivity index (χ0v) is 22.6. The molecule has 0 aliphatic carbocycles. The molecule has 30 heavy (non-hydrogen) atoms. The quantitative estimate of drug-likeness (QED) is 0.103. The molecule has 0 aromatic heterocycles. The largest absolute Gasteiger partial charge is 0.394 e. The molecule has 182 valence electrons. The Balaban J connectivity index is 3.88. The van der Waals surface area contributed by atoms with E-state index in [1.54, 1.807) is 0 Å². The second kappa shape index (κ2) is 23.8. The Morgan fingerprint density at radius 1 is 0.367 bits per heavy atom. The first-order valence-corrected chi connectivity index (χ1v) is 16.3. The Bertz CT molecular complexity index is 316. The molecular formula is C27H58O2Si. The number of hydrogen-bond acceptors (Lipinski definition) is 2. The van der Waals surface area contributed by atoms with Crippen molar-refractivity contribution in [1.82, 2.24) is 0 Å². The van der Waals surface area contributed by atoms with Crippen LogP contribution in [-0.4, -0.2) is 21.8 Å². The van der Waals surface area contributed by atoms with E-state index in [1.807, 2.05) is 0 Å². The molecule has 0 heterocycles. The van der Waals surface area contributed by atoms with E-state index in [0.29, 0.717) is 0 Å². The fourth-order valence-electron chi connectivity index (χ4n) is 4.57. The van der Waals surface area contributed by atoms with Gasteiger partial charge in [-0.05, 0) is 25.9 Å². The molecule has 0 atom stereocenters. The summed E-state index contributed by atoms with van der Waals surface area (Å²) in [7, 11) is -1.97. The van der Waals surface area contributed by atoms with Gasteiger partial charge in [0.2, 0.25) is 0 Å². The smallest absolute Gasteiger partial charge is 0.338 e. The van der Waals surface area contributed by atoms with Crippen LogP contribution in [0.15, 0.2) is 0 Å². The normalized spacial score (nSPS) is 12.0. The molecule has 0 bridgehead atoms. The molecule has 0 aromatic rings. The SMILES string of the molecule is CCCCCCCCCCCCCC[Si](CCCCCCCCC)(OCC)OCC. The first-order chi connectivity index (χ1) is 14.7. The first kappa shape index (κ1) is 30.1. The standard InChI is InChI=1S/C27H58O2Si/c1-5-9-11-13-15-16-17-18-19-21-23-25-27-30(28-7-3,29-8-4)26-24-22-20-14-12-10-6-2/h5-27H2,1-4H3. The summed E-state index contributed by atoms with van der Waals surface area (Å²) in [6.45, 7) is 10.5. The zero-order valence-electron chi connectivity index (χ0n) is 21.6. The minimum Gasteiger partial charge on any atom is -0.394 e. The summed E-state index contributed by atoms with van der Waals surface area (Å²) in [6, 6.07) is 2.42. The van der Waals surface area contributed by atoms with Crippen molar-refractivity contribution in [1.29, 1.82) is 0 Å². The van der Waals surface area contributed by atoms with Crippen LogP contribution < -0.4 is 0 Å². The van der Waals surface area contributed by atoms with Crippen molar-refractivity contribution in [2.24, 2.45) is 0 Å². The van der Waals surface area contributed by atoms with E-state index >= 15 is 0 Å². The van der Waals surface area contributed by atoms with Crippen molar-refractivity contribution in [2.45, 2.75) is 162 Å². The van der Waals surface area contributed by atoms with E-state index in [0.717, 1.165) is 13.2 Å². The summed E-state index contributed by atoms with van der Waals surface area (Å²) in [5.74, 6) is 0. The molecule has 0 aromatic carbocycles. The van der Waals surface area contributed by atoms with E-state index in [9.17, 15) is 0 Å². The van der Waals surface area contributed by atoms with E-state index in [1.165, 1.54) is 134 Å². The maximum atomic E-state index is 6.33. The third-order valence-corrected chi connectivity index (χ3v) is 10.2. The van der Waals surface area contributed by atoms with Crippen LogP contribution in [0.4, 0.5) is 0 Å². The van der Waals surface area contributed by atoms with Gasteiger partial charge in [-0.2, -0.15) is 0 Å². The highest BCUT2D eigenvalue weighted by molar-refractivity contribution is 6.67. The molecule has 0 saturated carbocycles. The van der Waals surface area contributed by atoms with Crippen LogP contribution in [0.5, 0.6) is 0 Å². The maximum absolute atomic E-state index is 6.33. The third-order valence-electron chi connectivity index (χ3n) is 6.39. The molecule has 0 amide bonds. The lowest BCUT2D eigenvalue weighted by Crippen LogP contribution is -2.42. The van der Waals surface area contributed by atoms with Crippen LogP contribution >= 0.6 is 0 Å². The molecule has 3 heteroatoms. The Kier molecular flexibility index (Phi) is 23.9. The van der Waals surface area contributed by atoms with E-state index in [4.69, 9.17) is 8.85 Å². The highest BCUT2D eigenvalue weighted by atomic mass is 28.4. The van der Waals surface area contributed by atoms with Crippen LogP contribution in [0.3, 0.4) is 0 Å². The Morgan fingerprint density at radius 2 is 0.633 bits per heavy atom. The zero-order chi connectivity index (χ0) is 22.2. The molecule has 0 radical (unpaired) electrons. The topological polar surface area (TPSA) is 18.5 Å². The maximum Gasteiger partial charge on any atom is 0.338 e. The lowest BCUT2D eigenvalue weighted by atomic mass is 10.1. The van der Waals surface area contributed by atoms with Gasteiger partial charge in [0.05, 0.1) is 0 Å². The van der Waals surface area contributed by atoms with Crippen LogP contribution in [0, 0.1) is 0 Å². The van der Waals surface area contributed by atoms with Gasteiger partial charge in [0.1, 0.15) is 0 Å². The van der Waals surface area contributed by atoms with Gasteiger partial charge in [0, 0.05) is 13.2 Å². The average Bonchev–Trinajstić information content (AvgIpc) is 2.74. The third kappa shape index (κ3) is 18.9.